The number of ether oxygens (including phenoxy) is 3. The third-order valence-electron chi connectivity index (χ3n) is 2.91. The highest BCUT2D eigenvalue weighted by Gasteiger charge is 2.21. The van der Waals surface area contributed by atoms with E-state index >= 15 is 0 Å². The second-order valence-electron chi connectivity index (χ2n) is 4.24. The van der Waals surface area contributed by atoms with E-state index < -0.39 is 11.9 Å². The van der Waals surface area contributed by atoms with E-state index in [4.69, 9.17) is 14.2 Å². The van der Waals surface area contributed by atoms with Crippen LogP contribution in [0.4, 0.5) is 0 Å². The monoisotopic (exact) mass is 304 g/mol. The molecule has 0 aliphatic heterocycles. The number of hydrogen-bond donors (Lipinski definition) is 0. The van der Waals surface area contributed by atoms with Crippen LogP contribution in [0, 0.1) is 0 Å². The summed E-state index contributed by atoms with van der Waals surface area (Å²) in [5.41, 5.74) is 0.769. The maximum absolute atomic E-state index is 11.9. The van der Waals surface area contributed by atoms with Crippen LogP contribution < -0.4 is 4.74 Å². The summed E-state index contributed by atoms with van der Waals surface area (Å²) in [4.78, 5) is 23.6. The van der Waals surface area contributed by atoms with E-state index in [1.54, 1.807) is 38.3 Å². The molecule has 1 aromatic carbocycles. The van der Waals surface area contributed by atoms with Gasteiger partial charge >= 0.3 is 11.9 Å². The van der Waals surface area contributed by atoms with Crippen LogP contribution in [0.5, 0.6) is 5.75 Å². The van der Waals surface area contributed by atoms with E-state index in [1.807, 2.05) is 0 Å². The van der Waals surface area contributed by atoms with Crippen molar-refractivity contribution < 1.29 is 23.8 Å². The maximum Gasteiger partial charge on any atom is 0.358 e. The number of benzene rings is 1. The summed E-state index contributed by atoms with van der Waals surface area (Å²) in [5.74, 6) is -0.528. The Hall–Kier alpha value is -2.83. The summed E-state index contributed by atoms with van der Waals surface area (Å²) >= 11 is 0. The molecule has 1 aromatic heterocycles. The number of carbonyl (C=O) groups excluding carboxylic acids is 2. The molecular weight excluding hydrogens is 288 g/mol. The van der Waals surface area contributed by atoms with E-state index in [9.17, 15) is 9.59 Å². The van der Waals surface area contributed by atoms with Gasteiger partial charge in [0.15, 0.2) is 11.4 Å². The molecular formula is C15H16N2O5. The van der Waals surface area contributed by atoms with Crippen LogP contribution in [0.25, 0.3) is 5.69 Å². The highest BCUT2D eigenvalue weighted by molar-refractivity contribution is 5.93. The Labute approximate surface area is 127 Å². The molecule has 0 unspecified atom stereocenters. The minimum Gasteiger partial charge on any atom is -0.497 e. The number of esters is 2. The number of hydrogen-bond acceptors (Lipinski definition) is 6. The van der Waals surface area contributed by atoms with Gasteiger partial charge in [0.2, 0.25) is 0 Å². The molecule has 1 heterocycles. The van der Waals surface area contributed by atoms with Crippen molar-refractivity contribution in [1.29, 1.82) is 0 Å². The molecule has 0 aliphatic carbocycles. The molecule has 0 amide bonds. The maximum atomic E-state index is 11.9. The van der Waals surface area contributed by atoms with Gasteiger partial charge in [-0.2, -0.15) is 5.10 Å². The van der Waals surface area contributed by atoms with Crippen LogP contribution >= 0.6 is 0 Å². The lowest BCUT2D eigenvalue weighted by molar-refractivity contribution is 0.0518. The van der Waals surface area contributed by atoms with Crippen molar-refractivity contribution >= 4 is 11.9 Å². The van der Waals surface area contributed by atoms with Crippen LogP contribution in [0.1, 0.15) is 27.9 Å². The first-order valence-corrected chi connectivity index (χ1v) is 6.60. The molecule has 0 radical (unpaired) electrons. The Kier molecular flexibility index (Phi) is 4.77. The average molecular weight is 304 g/mol. The molecule has 0 saturated heterocycles. The summed E-state index contributed by atoms with van der Waals surface area (Å²) in [6.45, 7) is 1.92. The van der Waals surface area contributed by atoms with Crippen molar-refractivity contribution in [2.24, 2.45) is 0 Å². The molecule has 0 N–H and O–H groups in total. The van der Waals surface area contributed by atoms with Crippen LogP contribution in [-0.2, 0) is 9.47 Å². The molecule has 0 aliphatic rings. The molecule has 0 atom stereocenters. The van der Waals surface area contributed by atoms with Gasteiger partial charge in [-0.05, 0) is 31.2 Å². The van der Waals surface area contributed by atoms with Gasteiger partial charge in [-0.3, -0.25) is 0 Å². The minimum atomic E-state index is -0.598. The van der Waals surface area contributed by atoms with Crippen LogP contribution in [-0.4, -0.2) is 42.5 Å². The number of nitrogens with zero attached hydrogens (tertiary/aromatic N) is 2. The zero-order chi connectivity index (χ0) is 16.1. The first-order valence-electron chi connectivity index (χ1n) is 6.60. The fourth-order valence-corrected chi connectivity index (χ4v) is 1.86. The second kappa shape index (κ2) is 6.75. The molecule has 0 spiro atoms. The topological polar surface area (TPSA) is 79.7 Å². The first kappa shape index (κ1) is 15.6. The quantitative estimate of drug-likeness (QED) is 0.784. The summed E-state index contributed by atoms with van der Waals surface area (Å²) in [7, 11) is 2.82. The van der Waals surface area contributed by atoms with Crippen molar-refractivity contribution in [2.45, 2.75) is 6.92 Å². The van der Waals surface area contributed by atoms with Crippen molar-refractivity contribution in [3.8, 4) is 11.4 Å². The molecule has 2 rings (SSSR count). The van der Waals surface area contributed by atoms with Gasteiger partial charge in [-0.25, -0.2) is 14.3 Å². The Balaban J connectivity index is 2.47. The Morgan fingerprint density at radius 2 is 1.82 bits per heavy atom. The predicted molar refractivity (Wildman–Crippen MR) is 77.4 cm³/mol. The minimum absolute atomic E-state index is 0.0399. The van der Waals surface area contributed by atoms with Gasteiger partial charge in [0.1, 0.15) is 5.75 Å². The predicted octanol–water partition coefficient (Wildman–Crippen LogP) is 1.84. The third-order valence-corrected chi connectivity index (χ3v) is 2.91. The zero-order valence-corrected chi connectivity index (χ0v) is 12.5. The largest absolute Gasteiger partial charge is 0.497 e. The van der Waals surface area contributed by atoms with E-state index in [0.29, 0.717) is 11.4 Å². The second-order valence-corrected chi connectivity index (χ2v) is 4.24. The van der Waals surface area contributed by atoms with E-state index in [0.717, 1.165) is 0 Å². The summed E-state index contributed by atoms with van der Waals surface area (Å²) in [5, 5.41) is 4.12. The third kappa shape index (κ3) is 3.08. The normalized spacial score (nSPS) is 10.1. The van der Waals surface area contributed by atoms with Gasteiger partial charge in [-0.1, -0.05) is 0 Å². The lowest BCUT2D eigenvalue weighted by atomic mass is 10.3. The smallest absolute Gasteiger partial charge is 0.358 e. The highest BCUT2D eigenvalue weighted by Crippen LogP contribution is 2.18. The Morgan fingerprint density at radius 1 is 1.14 bits per heavy atom. The molecule has 7 nitrogen and oxygen atoms in total. The fraction of sp³-hybridized carbons (Fsp3) is 0.267. The lowest BCUT2D eigenvalue weighted by Crippen LogP contribution is -2.10. The Morgan fingerprint density at radius 3 is 2.36 bits per heavy atom. The molecule has 2 aromatic rings. The molecule has 22 heavy (non-hydrogen) atoms. The molecule has 0 bridgehead atoms. The fourth-order valence-electron chi connectivity index (χ4n) is 1.86. The van der Waals surface area contributed by atoms with Gasteiger partial charge in [0.05, 0.1) is 26.5 Å². The number of aromatic nitrogens is 2. The standard InChI is InChI=1S/C15H16N2O5/c1-4-22-14(18)12-9-13(15(19)21-3)17(16-12)10-5-7-11(20-2)8-6-10/h5-9H,4H2,1-3H3. The zero-order valence-electron chi connectivity index (χ0n) is 12.5. The lowest BCUT2D eigenvalue weighted by Gasteiger charge is -2.06. The highest BCUT2D eigenvalue weighted by atomic mass is 16.5. The summed E-state index contributed by atoms with van der Waals surface area (Å²) < 4.78 is 16.0. The Bertz CT molecular complexity index is 676. The van der Waals surface area contributed by atoms with Crippen molar-refractivity contribution in [3.05, 3.63) is 41.7 Å². The van der Waals surface area contributed by atoms with Gasteiger partial charge < -0.3 is 14.2 Å². The SMILES string of the molecule is CCOC(=O)c1cc(C(=O)OC)n(-c2ccc(OC)cc2)n1. The number of methoxy groups -OCH3 is 2. The molecule has 7 heteroatoms. The van der Waals surface area contributed by atoms with Gasteiger partial charge in [0, 0.05) is 6.07 Å². The number of carbonyl (C=O) groups is 2. The molecule has 0 fully saturated rings. The molecule has 0 saturated carbocycles. The van der Waals surface area contributed by atoms with Crippen molar-refractivity contribution in [1.82, 2.24) is 9.78 Å². The molecule has 116 valence electrons. The first-order chi connectivity index (χ1) is 10.6. The summed E-state index contributed by atoms with van der Waals surface area (Å²) in [6.07, 6.45) is 0. The average Bonchev–Trinajstić information content (AvgIpc) is 3.00. The van der Waals surface area contributed by atoms with Crippen LogP contribution in [0.3, 0.4) is 0 Å². The van der Waals surface area contributed by atoms with E-state index in [1.165, 1.54) is 17.9 Å². The number of rotatable bonds is 5. The van der Waals surface area contributed by atoms with Crippen LogP contribution in [0.15, 0.2) is 30.3 Å². The van der Waals surface area contributed by atoms with Crippen molar-refractivity contribution in [2.75, 3.05) is 20.8 Å². The van der Waals surface area contributed by atoms with Crippen LogP contribution in [0.2, 0.25) is 0 Å². The van der Waals surface area contributed by atoms with E-state index in [2.05, 4.69) is 5.10 Å². The summed E-state index contributed by atoms with van der Waals surface area (Å²) in [6, 6.07) is 8.22. The van der Waals surface area contributed by atoms with Gasteiger partial charge in [-0.15, -0.1) is 0 Å². The van der Waals surface area contributed by atoms with Crippen molar-refractivity contribution in [3.63, 3.8) is 0 Å². The van der Waals surface area contributed by atoms with Gasteiger partial charge in [0.25, 0.3) is 0 Å². The van der Waals surface area contributed by atoms with E-state index in [-0.39, 0.29) is 18.0 Å².